The summed E-state index contributed by atoms with van der Waals surface area (Å²) in [6, 6.07) is -1.50. The Labute approximate surface area is 333 Å². The largest absolute Gasteiger partial charge is 0.498 e. The number of aliphatic carboxylic acids is 1. The van der Waals surface area contributed by atoms with E-state index in [2.05, 4.69) is 79.1 Å². The van der Waals surface area contributed by atoms with Crippen molar-refractivity contribution in [2.45, 2.75) is 161 Å². The number of hydrogen-bond donors (Lipinski definition) is 3. The van der Waals surface area contributed by atoms with E-state index in [1.165, 1.54) is 70.5 Å². The molecule has 0 aromatic rings. The number of carboxylic acids is 1. The van der Waals surface area contributed by atoms with Gasteiger partial charge in [-0.1, -0.05) is 157 Å². The van der Waals surface area contributed by atoms with Gasteiger partial charge in [0.05, 0.1) is 19.5 Å². The molecule has 314 valence electrons. The molecule has 0 aliphatic rings. The fraction of sp³-hybridized carbons (Fsp3) is 0.636. The first kappa shape index (κ1) is 52.0. The number of carbonyl (C=O) groups excluding carboxylic acids is 1. The molecule has 4 N–H and O–H groups in total. The van der Waals surface area contributed by atoms with E-state index in [-0.39, 0.29) is 13.0 Å². The van der Waals surface area contributed by atoms with Crippen LogP contribution >= 0.6 is 7.82 Å². The monoisotopic (exact) mass is 792 g/mol. The van der Waals surface area contributed by atoms with Crippen molar-refractivity contribution >= 4 is 19.8 Å². The Hall–Kier alpha value is -3.01. The summed E-state index contributed by atoms with van der Waals surface area (Å²) in [5.74, 6) is -1.90. The van der Waals surface area contributed by atoms with Crippen LogP contribution in [0.5, 0.6) is 0 Å². The molecule has 11 heteroatoms. The molecule has 0 rings (SSSR count). The molecule has 10 nitrogen and oxygen atoms in total. The van der Waals surface area contributed by atoms with Crippen molar-refractivity contribution in [2.75, 3.05) is 19.8 Å². The van der Waals surface area contributed by atoms with Gasteiger partial charge in [-0.2, -0.15) is 0 Å². The van der Waals surface area contributed by atoms with Gasteiger partial charge in [-0.15, -0.1) is 0 Å². The molecule has 0 bridgehead atoms. The van der Waals surface area contributed by atoms with E-state index in [9.17, 15) is 19.0 Å². The molecule has 0 saturated heterocycles. The van der Waals surface area contributed by atoms with E-state index in [0.717, 1.165) is 57.8 Å². The quantitative estimate of drug-likeness (QED) is 0.0181. The maximum atomic E-state index is 12.6. The highest BCUT2D eigenvalue weighted by Gasteiger charge is 2.27. The van der Waals surface area contributed by atoms with Gasteiger partial charge in [0.2, 0.25) is 0 Å². The van der Waals surface area contributed by atoms with E-state index in [0.29, 0.717) is 6.42 Å². The van der Waals surface area contributed by atoms with Crippen LogP contribution in [0.2, 0.25) is 0 Å². The van der Waals surface area contributed by atoms with Crippen LogP contribution in [-0.2, 0) is 32.7 Å². The van der Waals surface area contributed by atoms with Crippen molar-refractivity contribution in [1.82, 2.24) is 0 Å². The van der Waals surface area contributed by atoms with Crippen LogP contribution in [0.15, 0.2) is 85.3 Å². The first-order chi connectivity index (χ1) is 26.7. The number of phosphoric ester groups is 1. The Morgan fingerprint density at radius 1 is 0.600 bits per heavy atom. The summed E-state index contributed by atoms with van der Waals surface area (Å²) in [4.78, 5) is 33.4. The average Bonchev–Trinajstić information content (AvgIpc) is 3.16. The van der Waals surface area contributed by atoms with Gasteiger partial charge in [0.25, 0.3) is 0 Å². The lowest BCUT2D eigenvalue weighted by Gasteiger charge is -2.19. The minimum absolute atomic E-state index is 0.102. The number of allylic oxidation sites excluding steroid dienone is 13. The standard InChI is InChI=1S/C44H74NO9P/c1-3-5-7-9-11-13-15-17-19-20-21-22-23-24-26-28-30-32-34-36-43(46)54-41(39-52-55(49,50)53-40-42(45)44(47)48)38-51-37-35-33-31-29-27-25-18-16-14-12-10-8-6-4-2/h5,7,11,13,17,19,21-22,24,26,30,32,35,37,41-42H,3-4,6,8-10,12,14-16,18,20,23,25,27-29,31,33-34,36,38-40,45H2,1-2H3,(H,47,48)(H,49,50)/b7-5-,13-11-,19-17-,22-21-,26-24-,32-30-,37-35-/t41-,42+/m1/s1. The Bertz CT molecular complexity index is 1190. The molecule has 55 heavy (non-hydrogen) atoms. The number of ether oxygens (including phenoxy) is 2. The molecular formula is C44H74NO9P. The molecule has 0 spiro atoms. The van der Waals surface area contributed by atoms with Crippen LogP contribution < -0.4 is 5.73 Å². The van der Waals surface area contributed by atoms with Crippen molar-refractivity contribution in [1.29, 1.82) is 0 Å². The molecule has 0 aliphatic carbocycles. The summed E-state index contributed by atoms with van der Waals surface area (Å²) in [5.41, 5.74) is 5.34. The van der Waals surface area contributed by atoms with E-state index < -0.39 is 45.1 Å². The molecule has 3 atom stereocenters. The third-order valence-electron chi connectivity index (χ3n) is 8.27. The third kappa shape index (κ3) is 39.0. The second-order valence-electron chi connectivity index (χ2n) is 13.5. The van der Waals surface area contributed by atoms with Gasteiger partial charge in [0.1, 0.15) is 12.6 Å². The maximum absolute atomic E-state index is 12.6. The van der Waals surface area contributed by atoms with Crippen LogP contribution in [0.1, 0.15) is 149 Å². The number of carboxylic acid groups (broad SMARTS) is 1. The van der Waals surface area contributed by atoms with Crippen molar-refractivity contribution < 1.29 is 42.7 Å². The number of esters is 1. The molecular weight excluding hydrogens is 717 g/mol. The molecule has 0 saturated carbocycles. The maximum Gasteiger partial charge on any atom is 0.472 e. The van der Waals surface area contributed by atoms with Crippen molar-refractivity contribution in [2.24, 2.45) is 5.73 Å². The van der Waals surface area contributed by atoms with E-state index in [1.54, 1.807) is 0 Å². The second kappa shape index (κ2) is 39.2. The van der Waals surface area contributed by atoms with Crippen LogP contribution in [0.25, 0.3) is 0 Å². The summed E-state index contributed by atoms with van der Waals surface area (Å²) >= 11 is 0. The lowest BCUT2D eigenvalue weighted by Crippen LogP contribution is -2.34. The minimum Gasteiger partial charge on any atom is -0.498 e. The van der Waals surface area contributed by atoms with E-state index in [4.69, 9.17) is 24.8 Å². The molecule has 0 fully saturated rings. The Morgan fingerprint density at radius 2 is 1.05 bits per heavy atom. The average molecular weight is 792 g/mol. The second-order valence-corrected chi connectivity index (χ2v) is 14.9. The van der Waals surface area contributed by atoms with Crippen LogP contribution in [0.4, 0.5) is 0 Å². The fourth-order valence-corrected chi connectivity index (χ4v) is 5.84. The van der Waals surface area contributed by atoms with Crippen molar-refractivity contribution in [3.8, 4) is 0 Å². The summed E-state index contributed by atoms with van der Waals surface area (Å²) in [5, 5.41) is 8.88. The predicted octanol–water partition coefficient (Wildman–Crippen LogP) is 11.5. The number of carbonyl (C=O) groups is 2. The van der Waals surface area contributed by atoms with Crippen LogP contribution in [-0.4, -0.2) is 53.9 Å². The van der Waals surface area contributed by atoms with Gasteiger partial charge in [-0.25, -0.2) is 4.57 Å². The Morgan fingerprint density at radius 3 is 1.55 bits per heavy atom. The number of phosphoric acid groups is 1. The third-order valence-corrected chi connectivity index (χ3v) is 9.22. The Balaban J connectivity index is 4.48. The molecule has 1 unspecified atom stereocenters. The van der Waals surface area contributed by atoms with Gasteiger partial charge in [-0.05, 0) is 63.9 Å². The zero-order valence-electron chi connectivity index (χ0n) is 34.0. The normalized spacial score (nSPS) is 14.8. The molecule has 0 aromatic heterocycles. The summed E-state index contributed by atoms with van der Waals surface area (Å²) in [6.45, 7) is 3.06. The number of nitrogens with two attached hydrogens (primary N) is 1. The zero-order chi connectivity index (χ0) is 40.5. The number of hydrogen-bond acceptors (Lipinski definition) is 8. The molecule has 0 amide bonds. The van der Waals surface area contributed by atoms with Crippen molar-refractivity contribution in [3.63, 3.8) is 0 Å². The first-order valence-corrected chi connectivity index (χ1v) is 22.2. The van der Waals surface area contributed by atoms with Gasteiger partial charge >= 0.3 is 19.8 Å². The van der Waals surface area contributed by atoms with Gasteiger partial charge in [-0.3, -0.25) is 18.6 Å². The highest BCUT2D eigenvalue weighted by Crippen LogP contribution is 2.43. The van der Waals surface area contributed by atoms with Gasteiger partial charge in [0.15, 0.2) is 6.10 Å². The fourth-order valence-electron chi connectivity index (χ4n) is 5.06. The van der Waals surface area contributed by atoms with Crippen LogP contribution in [0, 0.1) is 0 Å². The number of unbranched alkanes of at least 4 members (excludes halogenated alkanes) is 12. The molecule has 0 aliphatic heterocycles. The van der Waals surface area contributed by atoms with E-state index >= 15 is 0 Å². The lowest BCUT2D eigenvalue weighted by molar-refractivity contribution is -0.153. The predicted molar refractivity (Wildman–Crippen MR) is 225 cm³/mol. The highest BCUT2D eigenvalue weighted by molar-refractivity contribution is 7.47. The Kier molecular flexibility index (Phi) is 37.1. The highest BCUT2D eigenvalue weighted by atomic mass is 31.2. The summed E-state index contributed by atoms with van der Waals surface area (Å²) in [6.07, 6.45) is 50.2. The zero-order valence-corrected chi connectivity index (χ0v) is 34.9. The SMILES string of the molecule is CC/C=C\C/C=C\C/C=C\C/C=C\C/C=C\C/C=C\CCC(=O)O[C@H](CO/C=C\CCCCCCCCCCCCCC)COP(=O)(O)OC[C@H](N)C(=O)O. The molecule has 0 aromatic carbocycles. The van der Waals surface area contributed by atoms with E-state index in [1.807, 2.05) is 18.2 Å². The smallest absolute Gasteiger partial charge is 0.472 e. The summed E-state index contributed by atoms with van der Waals surface area (Å²) in [7, 11) is -4.65. The van der Waals surface area contributed by atoms with Gasteiger partial charge in [0, 0.05) is 6.42 Å². The molecule has 0 radical (unpaired) electrons. The first-order valence-electron chi connectivity index (χ1n) is 20.7. The summed E-state index contributed by atoms with van der Waals surface area (Å²) < 4.78 is 32.9. The van der Waals surface area contributed by atoms with Gasteiger partial charge < -0.3 is 25.2 Å². The minimum atomic E-state index is -4.65. The lowest BCUT2D eigenvalue weighted by atomic mass is 10.0. The topological polar surface area (TPSA) is 155 Å². The number of rotatable bonds is 38. The van der Waals surface area contributed by atoms with Crippen molar-refractivity contribution in [3.05, 3.63) is 85.3 Å². The molecule has 0 heterocycles. The van der Waals surface area contributed by atoms with Crippen LogP contribution in [0.3, 0.4) is 0 Å².